The Labute approximate surface area is 158 Å². The summed E-state index contributed by atoms with van der Waals surface area (Å²) in [5.74, 6) is 0.583. The first-order valence-electron chi connectivity index (χ1n) is 7.53. The molecule has 2 aromatic rings. The minimum atomic E-state index is -0.150. The van der Waals surface area contributed by atoms with Gasteiger partial charge in [-0.15, -0.1) is 0 Å². The lowest BCUT2D eigenvalue weighted by atomic mass is 10.2. The second-order valence-corrected chi connectivity index (χ2v) is 6.99. The molecule has 0 aliphatic carbocycles. The van der Waals surface area contributed by atoms with Crippen molar-refractivity contribution in [2.24, 2.45) is 4.99 Å². The van der Waals surface area contributed by atoms with Gasteiger partial charge in [-0.3, -0.25) is 4.79 Å². The smallest absolute Gasteiger partial charge is 0.264 e. The van der Waals surface area contributed by atoms with Gasteiger partial charge in [0.1, 0.15) is 12.4 Å². The number of nitrogens with one attached hydrogen (secondary N) is 1. The van der Waals surface area contributed by atoms with Gasteiger partial charge in [0.25, 0.3) is 5.91 Å². The molecule has 3 rings (SSSR count). The fourth-order valence-corrected chi connectivity index (χ4v) is 3.48. The van der Waals surface area contributed by atoms with Gasteiger partial charge in [-0.2, -0.15) is 0 Å². The number of hydrogen-bond donors (Lipinski definition) is 1. The van der Waals surface area contributed by atoms with Gasteiger partial charge in [0.15, 0.2) is 5.17 Å². The van der Waals surface area contributed by atoms with Crippen LogP contribution in [0, 0.1) is 0 Å². The Morgan fingerprint density at radius 1 is 1.24 bits per heavy atom. The molecule has 1 saturated heterocycles. The van der Waals surface area contributed by atoms with Gasteiger partial charge in [0.2, 0.25) is 0 Å². The van der Waals surface area contributed by atoms with Crippen LogP contribution in [-0.4, -0.2) is 17.7 Å². The highest BCUT2D eigenvalue weighted by Crippen LogP contribution is 2.31. The van der Waals surface area contributed by atoms with Gasteiger partial charge >= 0.3 is 0 Å². The Balaban J connectivity index is 1.77. The Kier molecular flexibility index (Phi) is 5.73. The van der Waals surface area contributed by atoms with E-state index >= 15 is 0 Å². The number of para-hydroxylation sites is 1. The number of amides is 1. The van der Waals surface area contributed by atoms with Gasteiger partial charge in [0, 0.05) is 0 Å². The van der Waals surface area contributed by atoms with Crippen LogP contribution in [0.3, 0.4) is 0 Å². The third-order valence-electron chi connectivity index (χ3n) is 3.25. The van der Waals surface area contributed by atoms with Crippen molar-refractivity contribution in [1.82, 2.24) is 5.32 Å². The lowest BCUT2D eigenvalue weighted by Crippen LogP contribution is -2.19. The van der Waals surface area contributed by atoms with Crippen LogP contribution in [0.5, 0.6) is 5.75 Å². The first-order chi connectivity index (χ1) is 12.2. The van der Waals surface area contributed by atoms with E-state index in [1.54, 1.807) is 6.08 Å². The molecule has 0 unspecified atom stereocenters. The number of thioether (sulfide) groups is 1. The Morgan fingerprint density at radius 3 is 2.76 bits per heavy atom. The summed E-state index contributed by atoms with van der Waals surface area (Å²) in [6.07, 6.45) is 3.52. The highest BCUT2D eigenvalue weighted by molar-refractivity contribution is 9.10. The van der Waals surface area contributed by atoms with Gasteiger partial charge in [-0.05, 0) is 63.6 Å². The molecule has 1 fully saturated rings. The number of aliphatic imine (C=N–C) groups is 1. The summed E-state index contributed by atoms with van der Waals surface area (Å²) in [6.45, 7) is 4.07. The van der Waals surface area contributed by atoms with Crippen LogP contribution in [0.1, 0.15) is 5.56 Å². The zero-order valence-electron chi connectivity index (χ0n) is 13.2. The van der Waals surface area contributed by atoms with Crippen LogP contribution in [0.15, 0.2) is 75.6 Å². The van der Waals surface area contributed by atoms with Gasteiger partial charge in [-0.1, -0.05) is 36.9 Å². The topological polar surface area (TPSA) is 50.7 Å². The first kappa shape index (κ1) is 17.5. The summed E-state index contributed by atoms with van der Waals surface area (Å²) < 4.78 is 6.35. The second-order valence-electron chi connectivity index (χ2n) is 5.11. The van der Waals surface area contributed by atoms with Crippen molar-refractivity contribution in [3.63, 3.8) is 0 Å². The molecule has 1 N–H and O–H groups in total. The largest absolute Gasteiger partial charge is 0.488 e. The average molecular weight is 415 g/mol. The minimum Gasteiger partial charge on any atom is -0.488 e. The predicted molar refractivity (Wildman–Crippen MR) is 107 cm³/mol. The van der Waals surface area contributed by atoms with E-state index in [9.17, 15) is 4.79 Å². The summed E-state index contributed by atoms with van der Waals surface area (Å²) in [5.41, 5.74) is 1.70. The van der Waals surface area contributed by atoms with E-state index in [0.29, 0.717) is 16.7 Å². The quantitative estimate of drug-likeness (QED) is 0.558. The van der Waals surface area contributed by atoms with Crippen molar-refractivity contribution in [1.29, 1.82) is 0 Å². The summed E-state index contributed by atoms with van der Waals surface area (Å²) in [6, 6.07) is 15.2. The normalized spacial score (nSPS) is 16.9. The van der Waals surface area contributed by atoms with E-state index in [1.807, 2.05) is 54.6 Å². The highest BCUT2D eigenvalue weighted by atomic mass is 79.9. The molecule has 0 spiro atoms. The summed E-state index contributed by atoms with van der Waals surface area (Å²) >= 11 is 4.80. The van der Waals surface area contributed by atoms with Crippen LogP contribution in [0.25, 0.3) is 6.08 Å². The number of hydrogen-bond acceptors (Lipinski definition) is 4. The number of carbonyl (C=O) groups is 1. The maximum absolute atomic E-state index is 12.1. The number of halogens is 1. The van der Waals surface area contributed by atoms with E-state index in [-0.39, 0.29) is 5.91 Å². The van der Waals surface area contributed by atoms with Crippen LogP contribution in [0.4, 0.5) is 5.69 Å². The molecule has 2 aromatic carbocycles. The molecule has 6 heteroatoms. The standard InChI is InChI=1S/C19H15BrN2O2S/c1-2-10-24-16-9-8-13(11-15(16)20)12-17-18(23)22-19(25-17)21-14-6-4-3-5-7-14/h2-9,11-12H,1,10H2,(H,21,22,23)/b17-12-. The maximum Gasteiger partial charge on any atom is 0.264 e. The predicted octanol–water partition coefficient (Wildman–Crippen LogP) is 4.91. The molecule has 0 aromatic heterocycles. The van der Waals surface area contributed by atoms with E-state index in [0.717, 1.165) is 21.5 Å². The fraction of sp³-hybridized carbons (Fsp3) is 0.0526. The molecule has 1 amide bonds. The number of benzene rings is 2. The molecule has 0 atom stereocenters. The van der Waals surface area contributed by atoms with Crippen molar-refractivity contribution < 1.29 is 9.53 Å². The van der Waals surface area contributed by atoms with Crippen molar-refractivity contribution in [3.05, 3.63) is 76.1 Å². The fourth-order valence-electron chi connectivity index (χ4n) is 2.12. The van der Waals surface area contributed by atoms with Crippen LogP contribution in [0.2, 0.25) is 0 Å². The molecule has 126 valence electrons. The molecule has 0 bridgehead atoms. The van der Waals surface area contributed by atoms with Gasteiger partial charge in [0.05, 0.1) is 15.1 Å². The van der Waals surface area contributed by atoms with Crippen molar-refractivity contribution in [2.75, 3.05) is 6.61 Å². The summed E-state index contributed by atoms with van der Waals surface area (Å²) in [7, 11) is 0. The van der Waals surface area contributed by atoms with Crippen LogP contribution < -0.4 is 10.1 Å². The van der Waals surface area contributed by atoms with Crippen LogP contribution >= 0.6 is 27.7 Å². The van der Waals surface area contributed by atoms with E-state index < -0.39 is 0 Å². The van der Waals surface area contributed by atoms with Gasteiger partial charge < -0.3 is 10.1 Å². The van der Waals surface area contributed by atoms with Crippen molar-refractivity contribution in [2.45, 2.75) is 0 Å². The minimum absolute atomic E-state index is 0.150. The van der Waals surface area contributed by atoms with Crippen molar-refractivity contribution in [3.8, 4) is 5.75 Å². The number of nitrogens with zero attached hydrogens (tertiary/aromatic N) is 1. The molecular formula is C19H15BrN2O2S. The summed E-state index contributed by atoms with van der Waals surface area (Å²) in [5, 5.41) is 3.36. The zero-order chi connectivity index (χ0) is 17.6. The summed E-state index contributed by atoms with van der Waals surface area (Å²) in [4.78, 5) is 17.2. The molecule has 4 nitrogen and oxygen atoms in total. The Hall–Kier alpha value is -2.31. The highest BCUT2D eigenvalue weighted by Gasteiger charge is 2.23. The molecule has 0 saturated carbocycles. The zero-order valence-corrected chi connectivity index (χ0v) is 15.6. The maximum atomic E-state index is 12.1. The lowest BCUT2D eigenvalue weighted by molar-refractivity contribution is -0.115. The number of ether oxygens (including phenoxy) is 1. The third-order valence-corrected chi connectivity index (χ3v) is 4.78. The van der Waals surface area contributed by atoms with E-state index in [4.69, 9.17) is 4.74 Å². The van der Waals surface area contributed by atoms with E-state index in [1.165, 1.54) is 11.8 Å². The van der Waals surface area contributed by atoms with Crippen LogP contribution in [-0.2, 0) is 4.79 Å². The lowest BCUT2D eigenvalue weighted by Gasteiger charge is -2.06. The average Bonchev–Trinajstić information content (AvgIpc) is 2.94. The Morgan fingerprint density at radius 2 is 2.04 bits per heavy atom. The number of rotatable bonds is 5. The number of carbonyl (C=O) groups excluding carboxylic acids is 1. The third kappa shape index (κ3) is 4.61. The first-order valence-corrected chi connectivity index (χ1v) is 9.14. The van der Waals surface area contributed by atoms with Gasteiger partial charge in [-0.25, -0.2) is 4.99 Å². The molecule has 1 aliphatic rings. The number of amidine groups is 1. The Bertz CT molecular complexity index is 863. The van der Waals surface area contributed by atoms with E-state index in [2.05, 4.69) is 32.8 Å². The molecule has 0 radical (unpaired) electrons. The molecule has 1 heterocycles. The SMILES string of the molecule is C=CCOc1ccc(/C=C2\SC(=Nc3ccccc3)NC2=O)cc1Br. The molecular weight excluding hydrogens is 400 g/mol. The molecule has 1 aliphatic heterocycles. The van der Waals surface area contributed by atoms with Crippen molar-refractivity contribution >= 4 is 50.5 Å². The second kappa shape index (κ2) is 8.18. The molecule has 25 heavy (non-hydrogen) atoms. The monoisotopic (exact) mass is 414 g/mol.